The van der Waals surface area contributed by atoms with E-state index in [4.69, 9.17) is 4.74 Å². The zero-order valence-electron chi connectivity index (χ0n) is 13.3. The lowest BCUT2D eigenvalue weighted by Gasteiger charge is -2.34. The number of pyridine rings is 1. The molecule has 138 valence electrons. The molecule has 2 aromatic rings. The van der Waals surface area contributed by atoms with Crippen LogP contribution in [0.3, 0.4) is 0 Å². The highest BCUT2D eigenvalue weighted by atomic mass is 32.2. The average molecular weight is 388 g/mol. The largest absolute Gasteiger partial charge is 0.474 e. The SMILES string of the molecule is FC1(F)CC(Oc2cc(C(F)(F)F)cc(N3Cc4ccccc4S3)n2)C1. The number of hydrogen-bond donors (Lipinski definition) is 0. The van der Waals surface area contributed by atoms with Gasteiger partial charge in [0.05, 0.1) is 12.1 Å². The van der Waals surface area contributed by atoms with E-state index in [9.17, 15) is 22.0 Å². The fourth-order valence-electron chi connectivity index (χ4n) is 2.86. The molecule has 0 saturated heterocycles. The average Bonchev–Trinajstić information content (AvgIpc) is 2.96. The van der Waals surface area contributed by atoms with Crippen molar-refractivity contribution in [3.63, 3.8) is 0 Å². The van der Waals surface area contributed by atoms with Gasteiger partial charge < -0.3 is 4.74 Å². The number of hydrogen-bond acceptors (Lipinski definition) is 4. The van der Waals surface area contributed by atoms with Crippen molar-refractivity contribution in [3.05, 3.63) is 47.5 Å². The van der Waals surface area contributed by atoms with Gasteiger partial charge in [0.2, 0.25) is 5.88 Å². The molecule has 3 nitrogen and oxygen atoms in total. The first-order valence-electron chi connectivity index (χ1n) is 7.87. The Morgan fingerprint density at radius 1 is 1.15 bits per heavy atom. The normalized spacial score (nSPS) is 19.2. The number of benzene rings is 1. The third-order valence-corrected chi connectivity index (χ3v) is 5.34. The molecule has 2 aliphatic rings. The Balaban J connectivity index is 1.61. The fourth-order valence-corrected chi connectivity index (χ4v) is 3.88. The van der Waals surface area contributed by atoms with Crippen molar-refractivity contribution in [1.82, 2.24) is 4.98 Å². The first-order chi connectivity index (χ1) is 12.2. The summed E-state index contributed by atoms with van der Waals surface area (Å²) in [7, 11) is 0. The monoisotopic (exact) mass is 388 g/mol. The van der Waals surface area contributed by atoms with Crippen LogP contribution in [-0.4, -0.2) is 17.0 Å². The minimum atomic E-state index is -4.59. The highest BCUT2D eigenvalue weighted by Crippen LogP contribution is 2.43. The van der Waals surface area contributed by atoms with Crippen LogP contribution >= 0.6 is 11.9 Å². The Morgan fingerprint density at radius 2 is 1.88 bits per heavy atom. The number of alkyl halides is 5. The molecule has 1 aromatic heterocycles. The van der Waals surface area contributed by atoms with Gasteiger partial charge in [0.1, 0.15) is 11.9 Å². The highest BCUT2D eigenvalue weighted by molar-refractivity contribution is 8.01. The summed E-state index contributed by atoms with van der Waals surface area (Å²) in [5.41, 5.74) is 0.0676. The standard InChI is InChI=1S/C17H13F5N2OS/c18-16(19)7-12(8-16)25-15-6-11(17(20,21)22)5-14(23-15)24-9-10-3-1-2-4-13(10)26-24/h1-6,12H,7-9H2. The number of fused-ring (bicyclic) bond motifs is 1. The second-order valence-electron chi connectivity index (χ2n) is 6.29. The molecular formula is C17H13F5N2OS. The molecule has 0 N–H and O–H groups in total. The third-order valence-electron chi connectivity index (χ3n) is 4.21. The molecule has 1 aliphatic carbocycles. The first kappa shape index (κ1) is 17.4. The number of ether oxygens (including phenoxy) is 1. The van der Waals surface area contributed by atoms with Gasteiger partial charge in [0, 0.05) is 23.8 Å². The molecule has 0 bridgehead atoms. The zero-order chi connectivity index (χ0) is 18.5. The number of aromatic nitrogens is 1. The molecule has 1 saturated carbocycles. The van der Waals surface area contributed by atoms with Gasteiger partial charge in [-0.1, -0.05) is 18.2 Å². The van der Waals surface area contributed by atoms with Crippen LogP contribution in [0.15, 0.2) is 41.3 Å². The quantitative estimate of drug-likeness (QED) is 0.526. The van der Waals surface area contributed by atoms with Crippen molar-refractivity contribution in [1.29, 1.82) is 0 Å². The first-order valence-corrected chi connectivity index (χ1v) is 8.64. The van der Waals surface area contributed by atoms with Crippen LogP contribution in [-0.2, 0) is 12.7 Å². The van der Waals surface area contributed by atoms with Crippen LogP contribution in [0.5, 0.6) is 5.88 Å². The molecule has 0 radical (unpaired) electrons. The second-order valence-corrected chi connectivity index (χ2v) is 7.35. The van der Waals surface area contributed by atoms with Gasteiger partial charge in [-0.2, -0.15) is 18.2 Å². The van der Waals surface area contributed by atoms with Gasteiger partial charge in [0.15, 0.2) is 0 Å². The van der Waals surface area contributed by atoms with Gasteiger partial charge in [-0.25, -0.2) is 8.78 Å². The van der Waals surface area contributed by atoms with Gasteiger partial charge in [-0.15, -0.1) is 0 Å². The number of rotatable bonds is 3. The summed E-state index contributed by atoms with van der Waals surface area (Å²) in [5.74, 6) is -3.02. The summed E-state index contributed by atoms with van der Waals surface area (Å²) >= 11 is 1.28. The molecule has 0 amide bonds. The van der Waals surface area contributed by atoms with Crippen molar-refractivity contribution in [2.45, 2.75) is 42.5 Å². The maximum absolute atomic E-state index is 13.2. The molecule has 26 heavy (non-hydrogen) atoms. The second kappa shape index (κ2) is 6.00. The lowest BCUT2D eigenvalue weighted by Crippen LogP contribution is -2.43. The molecule has 1 aromatic carbocycles. The van der Waals surface area contributed by atoms with Gasteiger partial charge >= 0.3 is 6.18 Å². The van der Waals surface area contributed by atoms with Crippen molar-refractivity contribution in [3.8, 4) is 5.88 Å². The molecule has 0 spiro atoms. The maximum atomic E-state index is 13.2. The predicted octanol–water partition coefficient (Wildman–Crippen LogP) is 5.30. The Bertz CT molecular complexity index is 809. The minimum absolute atomic E-state index is 0.0853. The zero-order valence-corrected chi connectivity index (χ0v) is 14.1. The Hall–Kier alpha value is -2.03. The van der Waals surface area contributed by atoms with Crippen molar-refractivity contribution in [2.75, 3.05) is 4.31 Å². The fraction of sp³-hybridized carbons (Fsp3) is 0.353. The molecule has 9 heteroatoms. The Kier molecular flexibility index (Phi) is 4.02. The lowest BCUT2D eigenvalue weighted by atomic mass is 9.91. The lowest BCUT2D eigenvalue weighted by molar-refractivity contribution is -0.140. The van der Waals surface area contributed by atoms with Gasteiger partial charge in [-0.3, -0.25) is 4.31 Å². The van der Waals surface area contributed by atoms with Crippen molar-refractivity contribution >= 4 is 17.8 Å². The summed E-state index contributed by atoms with van der Waals surface area (Å²) in [5, 5.41) is 0. The summed E-state index contributed by atoms with van der Waals surface area (Å²) in [6.45, 7) is 0.399. The van der Waals surface area contributed by atoms with E-state index in [1.807, 2.05) is 24.3 Å². The molecule has 0 unspecified atom stereocenters. The predicted molar refractivity (Wildman–Crippen MR) is 86.3 cm³/mol. The Morgan fingerprint density at radius 3 is 2.54 bits per heavy atom. The van der Waals surface area contributed by atoms with Crippen molar-refractivity contribution in [2.24, 2.45) is 0 Å². The van der Waals surface area contributed by atoms with Crippen LogP contribution in [0, 0.1) is 0 Å². The van der Waals surface area contributed by atoms with E-state index in [0.717, 1.165) is 22.6 Å². The Labute approximate surface area is 150 Å². The molecule has 0 atom stereocenters. The number of nitrogens with zero attached hydrogens (tertiary/aromatic N) is 2. The van der Waals surface area contributed by atoms with E-state index in [-0.39, 0.29) is 11.7 Å². The van der Waals surface area contributed by atoms with Gasteiger partial charge in [-0.05, 0) is 29.6 Å². The van der Waals surface area contributed by atoms with Crippen LogP contribution in [0.2, 0.25) is 0 Å². The third kappa shape index (κ3) is 3.44. The summed E-state index contributed by atoms with van der Waals surface area (Å²) in [6.07, 6.45) is -6.43. The van der Waals surface area contributed by atoms with Crippen LogP contribution < -0.4 is 9.04 Å². The number of anilines is 1. The van der Waals surface area contributed by atoms with E-state index in [2.05, 4.69) is 4.98 Å². The van der Waals surface area contributed by atoms with E-state index >= 15 is 0 Å². The summed E-state index contributed by atoms with van der Waals surface area (Å²) in [6, 6.07) is 9.17. The van der Waals surface area contributed by atoms with E-state index < -0.39 is 36.6 Å². The molecule has 1 aliphatic heterocycles. The molecule has 2 heterocycles. The highest BCUT2D eigenvalue weighted by Gasteiger charge is 2.47. The number of halogens is 5. The molecule has 1 fully saturated rings. The van der Waals surface area contributed by atoms with Gasteiger partial charge in [0.25, 0.3) is 5.92 Å². The topological polar surface area (TPSA) is 25.4 Å². The van der Waals surface area contributed by atoms with E-state index in [1.54, 1.807) is 4.31 Å². The van der Waals surface area contributed by atoms with Crippen molar-refractivity contribution < 1.29 is 26.7 Å². The minimum Gasteiger partial charge on any atom is -0.474 e. The van der Waals surface area contributed by atoms with E-state index in [0.29, 0.717) is 6.54 Å². The summed E-state index contributed by atoms with van der Waals surface area (Å²) in [4.78, 5) is 5.06. The smallest absolute Gasteiger partial charge is 0.416 e. The molecule has 4 rings (SSSR count). The maximum Gasteiger partial charge on any atom is 0.416 e. The van der Waals surface area contributed by atoms with Crippen LogP contribution in [0.25, 0.3) is 0 Å². The summed E-state index contributed by atoms with van der Waals surface area (Å²) < 4.78 is 72.5. The van der Waals surface area contributed by atoms with Crippen LogP contribution in [0.4, 0.5) is 27.8 Å². The molecular weight excluding hydrogens is 375 g/mol. The van der Waals surface area contributed by atoms with Crippen LogP contribution in [0.1, 0.15) is 24.0 Å². The van der Waals surface area contributed by atoms with E-state index in [1.165, 1.54) is 11.9 Å².